The Morgan fingerprint density at radius 3 is 2.18 bits per heavy atom. The van der Waals surface area contributed by atoms with E-state index in [1.807, 2.05) is 36.4 Å². The first-order chi connectivity index (χ1) is 16.5. The van der Waals surface area contributed by atoms with Crippen molar-refractivity contribution in [2.45, 2.75) is 31.2 Å². The first kappa shape index (κ1) is 23.8. The van der Waals surface area contributed by atoms with E-state index in [1.54, 1.807) is 4.90 Å². The number of carbonyl (C=O) groups excluding carboxylic acids is 2. The van der Waals surface area contributed by atoms with E-state index in [-0.39, 0.29) is 18.4 Å². The number of methoxy groups -OCH3 is 1. The molecule has 1 aliphatic heterocycles. The number of benzene rings is 2. The van der Waals surface area contributed by atoms with Crippen molar-refractivity contribution >= 4 is 18.0 Å². The standard InChI is InChI=1S/C26H30N2O6/c1-33-15-12-23(24(29)28-13-10-17(11-14-28)25(30)31)27-26(32)34-16-22-20-8-4-2-6-18(20)19-7-3-5-9-21(19)22/h2-9,17,22-23H,10-16H2,1H3,(H,27,32)(H,30,31). The molecule has 0 saturated carbocycles. The molecule has 34 heavy (non-hydrogen) atoms. The van der Waals surface area contributed by atoms with Crippen molar-refractivity contribution in [1.82, 2.24) is 10.2 Å². The van der Waals surface area contributed by atoms with Crippen molar-refractivity contribution in [2.75, 3.05) is 33.4 Å². The molecule has 180 valence electrons. The second kappa shape index (κ2) is 10.7. The highest BCUT2D eigenvalue weighted by Gasteiger charge is 2.33. The number of ether oxygens (including phenoxy) is 2. The van der Waals surface area contributed by atoms with Gasteiger partial charge in [-0.2, -0.15) is 0 Å². The summed E-state index contributed by atoms with van der Waals surface area (Å²) in [4.78, 5) is 38.6. The molecule has 8 nitrogen and oxygen atoms in total. The molecule has 1 unspecified atom stereocenters. The molecule has 2 aromatic carbocycles. The average molecular weight is 467 g/mol. The lowest BCUT2D eigenvalue weighted by Gasteiger charge is -2.33. The van der Waals surface area contributed by atoms with Crippen LogP contribution in [0.4, 0.5) is 4.79 Å². The molecule has 4 rings (SSSR count). The van der Waals surface area contributed by atoms with Crippen LogP contribution in [-0.4, -0.2) is 67.4 Å². The molecular formula is C26H30N2O6. The number of hydrogen-bond acceptors (Lipinski definition) is 5. The maximum Gasteiger partial charge on any atom is 0.407 e. The van der Waals surface area contributed by atoms with E-state index in [0.29, 0.717) is 39.0 Å². The molecule has 1 fully saturated rings. The van der Waals surface area contributed by atoms with Crippen LogP contribution < -0.4 is 5.32 Å². The van der Waals surface area contributed by atoms with Gasteiger partial charge in [-0.1, -0.05) is 48.5 Å². The minimum absolute atomic E-state index is 0.0682. The highest BCUT2D eigenvalue weighted by atomic mass is 16.5. The van der Waals surface area contributed by atoms with Gasteiger partial charge in [0, 0.05) is 39.1 Å². The van der Waals surface area contributed by atoms with Crippen molar-refractivity contribution in [1.29, 1.82) is 0 Å². The number of nitrogens with one attached hydrogen (secondary N) is 1. The van der Waals surface area contributed by atoms with Crippen molar-refractivity contribution in [3.8, 4) is 11.1 Å². The third-order valence-corrected chi connectivity index (χ3v) is 6.70. The van der Waals surface area contributed by atoms with Crippen LogP contribution in [-0.2, 0) is 19.1 Å². The molecule has 2 amide bonds. The molecule has 0 spiro atoms. The fourth-order valence-corrected chi connectivity index (χ4v) is 4.84. The molecule has 8 heteroatoms. The predicted octanol–water partition coefficient (Wildman–Crippen LogP) is 3.25. The zero-order valence-corrected chi connectivity index (χ0v) is 19.2. The Kier molecular flexibility index (Phi) is 7.47. The van der Waals surface area contributed by atoms with Gasteiger partial charge in [0.15, 0.2) is 0 Å². The van der Waals surface area contributed by atoms with Gasteiger partial charge in [-0.3, -0.25) is 9.59 Å². The molecular weight excluding hydrogens is 436 g/mol. The van der Waals surface area contributed by atoms with Gasteiger partial charge in [0.1, 0.15) is 12.6 Å². The number of alkyl carbamates (subject to hydrolysis) is 1. The van der Waals surface area contributed by atoms with Crippen LogP contribution in [0, 0.1) is 5.92 Å². The van der Waals surface area contributed by atoms with E-state index >= 15 is 0 Å². The summed E-state index contributed by atoms with van der Waals surface area (Å²) >= 11 is 0. The number of carbonyl (C=O) groups is 3. The number of likely N-dealkylation sites (tertiary alicyclic amines) is 1. The topological polar surface area (TPSA) is 105 Å². The van der Waals surface area contributed by atoms with Crippen LogP contribution in [0.3, 0.4) is 0 Å². The van der Waals surface area contributed by atoms with Gasteiger partial charge < -0.3 is 24.8 Å². The summed E-state index contributed by atoms with van der Waals surface area (Å²) in [5.41, 5.74) is 4.52. The van der Waals surface area contributed by atoms with Gasteiger partial charge in [-0.05, 0) is 35.1 Å². The average Bonchev–Trinajstić information content (AvgIpc) is 3.18. The predicted molar refractivity (Wildman–Crippen MR) is 125 cm³/mol. The van der Waals surface area contributed by atoms with Crippen LogP contribution in [0.1, 0.15) is 36.3 Å². The normalized spacial score (nSPS) is 16.4. The van der Waals surface area contributed by atoms with Crippen LogP contribution >= 0.6 is 0 Å². The molecule has 1 heterocycles. The SMILES string of the molecule is COCCC(NC(=O)OCC1c2ccccc2-c2ccccc21)C(=O)N1CCC(C(=O)O)CC1. The summed E-state index contributed by atoms with van der Waals surface area (Å²) in [6.07, 6.45) is 0.460. The first-order valence-electron chi connectivity index (χ1n) is 11.6. The highest BCUT2D eigenvalue weighted by molar-refractivity contribution is 5.86. The highest BCUT2D eigenvalue weighted by Crippen LogP contribution is 2.44. The first-order valence-corrected chi connectivity index (χ1v) is 11.6. The number of carboxylic acid groups (broad SMARTS) is 1. The molecule has 2 N–H and O–H groups in total. The number of carboxylic acids is 1. The lowest BCUT2D eigenvalue weighted by atomic mass is 9.96. The van der Waals surface area contributed by atoms with Gasteiger partial charge in [0.05, 0.1) is 5.92 Å². The van der Waals surface area contributed by atoms with Crippen molar-refractivity contribution in [3.63, 3.8) is 0 Å². The third kappa shape index (κ3) is 5.07. The Bertz CT molecular complexity index is 1000. The summed E-state index contributed by atoms with van der Waals surface area (Å²) in [6.45, 7) is 1.16. The molecule has 1 atom stereocenters. The van der Waals surface area contributed by atoms with E-state index in [2.05, 4.69) is 17.4 Å². The molecule has 0 aromatic heterocycles. The van der Waals surface area contributed by atoms with E-state index in [1.165, 1.54) is 7.11 Å². The number of hydrogen-bond donors (Lipinski definition) is 2. The zero-order valence-electron chi connectivity index (χ0n) is 19.2. The second-order valence-corrected chi connectivity index (χ2v) is 8.74. The van der Waals surface area contributed by atoms with E-state index in [0.717, 1.165) is 22.3 Å². The Hall–Kier alpha value is -3.39. The maximum absolute atomic E-state index is 13.1. The number of rotatable bonds is 8. The van der Waals surface area contributed by atoms with Gasteiger partial charge in [-0.15, -0.1) is 0 Å². The molecule has 2 aliphatic rings. The Morgan fingerprint density at radius 1 is 1.03 bits per heavy atom. The quantitative estimate of drug-likeness (QED) is 0.619. The van der Waals surface area contributed by atoms with Crippen molar-refractivity contribution in [3.05, 3.63) is 59.7 Å². The van der Waals surface area contributed by atoms with E-state index in [4.69, 9.17) is 9.47 Å². The Morgan fingerprint density at radius 2 is 1.62 bits per heavy atom. The summed E-state index contributed by atoms with van der Waals surface area (Å²) in [6, 6.07) is 15.4. The number of piperidine rings is 1. The molecule has 0 radical (unpaired) electrons. The second-order valence-electron chi connectivity index (χ2n) is 8.74. The van der Waals surface area contributed by atoms with E-state index in [9.17, 15) is 19.5 Å². The Labute approximate surface area is 198 Å². The van der Waals surface area contributed by atoms with Crippen LogP contribution in [0.15, 0.2) is 48.5 Å². The molecule has 2 aromatic rings. The fraction of sp³-hybridized carbons (Fsp3) is 0.423. The summed E-state index contributed by atoms with van der Waals surface area (Å²) in [7, 11) is 1.53. The largest absolute Gasteiger partial charge is 0.481 e. The number of fused-ring (bicyclic) bond motifs is 3. The Balaban J connectivity index is 1.38. The van der Waals surface area contributed by atoms with Crippen LogP contribution in [0.25, 0.3) is 11.1 Å². The van der Waals surface area contributed by atoms with Gasteiger partial charge in [0.25, 0.3) is 0 Å². The van der Waals surface area contributed by atoms with Gasteiger partial charge in [0.2, 0.25) is 5.91 Å². The number of amides is 2. The lowest BCUT2D eigenvalue weighted by molar-refractivity contribution is -0.146. The zero-order chi connectivity index (χ0) is 24.1. The lowest BCUT2D eigenvalue weighted by Crippen LogP contribution is -2.51. The molecule has 0 bridgehead atoms. The maximum atomic E-state index is 13.1. The van der Waals surface area contributed by atoms with Gasteiger partial charge >= 0.3 is 12.1 Å². The van der Waals surface area contributed by atoms with Gasteiger partial charge in [-0.25, -0.2) is 4.79 Å². The number of nitrogens with zero attached hydrogens (tertiary/aromatic N) is 1. The summed E-state index contributed by atoms with van der Waals surface area (Å²) < 4.78 is 10.7. The van der Waals surface area contributed by atoms with E-state index < -0.39 is 24.0 Å². The number of aliphatic carboxylic acids is 1. The molecule has 1 aliphatic carbocycles. The smallest absolute Gasteiger partial charge is 0.407 e. The van der Waals surface area contributed by atoms with Crippen LogP contribution in [0.5, 0.6) is 0 Å². The van der Waals surface area contributed by atoms with Crippen LogP contribution in [0.2, 0.25) is 0 Å². The van der Waals surface area contributed by atoms with Crippen molar-refractivity contribution < 1.29 is 29.0 Å². The minimum atomic E-state index is -0.834. The monoisotopic (exact) mass is 466 g/mol. The summed E-state index contributed by atoms with van der Waals surface area (Å²) in [5.74, 6) is -1.58. The fourth-order valence-electron chi connectivity index (χ4n) is 4.84. The summed E-state index contributed by atoms with van der Waals surface area (Å²) in [5, 5.41) is 11.9. The third-order valence-electron chi connectivity index (χ3n) is 6.70. The minimum Gasteiger partial charge on any atom is -0.481 e. The molecule has 1 saturated heterocycles. The van der Waals surface area contributed by atoms with Crippen molar-refractivity contribution in [2.24, 2.45) is 5.92 Å².